The minimum Gasteiger partial charge on any atom is -0.377 e. The molecule has 1 aromatic carbocycles. The van der Waals surface area contributed by atoms with E-state index in [1.54, 1.807) is 23.5 Å². The number of fused-ring (bicyclic) bond motifs is 4. The van der Waals surface area contributed by atoms with Crippen LogP contribution in [0.5, 0.6) is 0 Å². The number of aromatic nitrogens is 5. The van der Waals surface area contributed by atoms with Crippen molar-refractivity contribution < 1.29 is 22.7 Å². The molecular formula is C20H17F3N6O2. The van der Waals surface area contributed by atoms with E-state index in [9.17, 15) is 18.0 Å². The van der Waals surface area contributed by atoms with Gasteiger partial charge in [-0.3, -0.25) is 9.78 Å². The van der Waals surface area contributed by atoms with E-state index >= 15 is 0 Å². The molecule has 2 atom stereocenters. The Kier molecular flexibility index (Phi) is 4.50. The molecule has 11 heteroatoms. The van der Waals surface area contributed by atoms with Gasteiger partial charge >= 0.3 is 6.18 Å². The lowest BCUT2D eigenvalue weighted by Gasteiger charge is -2.45. The Morgan fingerprint density at radius 3 is 2.77 bits per heavy atom. The van der Waals surface area contributed by atoms with Gasteiger partial charge in [0.15, 0.2) is 11.6 Å². The summed E-state index contributed by atoms with van der Waals surface area (Å²) >= 11 is 0. The van der Waals surface area contributed by atoms with E-state index in [1.165, 1.54) is 19.1 Å². The molecule has 2 aromatic heterocycles. The van der Waals surface area contributed by atoms with Crippen molar-refractivity contribution in [3.63, 3.8) is 0 Å². The van der Waals surface area contributed by atoms with Crippen molar-refractivity contribution >= 4 is 5.91 Å². The largest absolute Gasteiger partial charge is 0.416 e. The van der Waals surface area contributed by atoms with Crippen molar-refractivity contribution in [3.05, 3.63) is 59.3 Å². The number of carbonyl (C=O) groups excluding carboxylic acids is 1. The molecule has 0 N–H and O–H groups in total. The number of hydrogen-bond acceptors (Lipinski definition) is 6. The molecule has 1 amide bonds. The number of amides is 1. The monoisotopic (exact) mass is 430 g/mol. The van der Waals surface area contributed by atoms with Crippen LogP contribution in [0.25, 0.3) is 11.5 Å². The predicted molar refractivity (Wildman–Crippen MR) is 101 cm³/mol. The molecule has 0 spiro atoms. The number of hydrogen-bond donors (Lipinski definition) is 0. The molecule has 160 valence electrons. The molecule has 4 heterocycles. The molecule has 8 nitrogen and oxygen atoms in total. The first-order valence-electron chi connectivity index (χ1n) is 9.63. The van der Waals surface area contributed by atoms with E-state index in [0.29, 0.717) is 23.9 Å². The minimum absolute atomic E-state index is 0.0221. The first kappa shape index (κ1) is 19.6. The Hall–Kier alpha value is -3.34. The van der Waals surface area contributed by atoms with E-state index in [4.69, 9.17) is 4.74 Å². The fourth-order valence-electron chi connectivity index (χ4n) is 4.25. The molecule has 1 saturated heterocycles. The zero-order valence-electron chi connectivity index (χ0n) is 16.4. The summed E-state index contributed by atoms with van der Waals surface area (Å²) in [5, 5.41) is 8.48. The number of benzene rings is 1. The molecule has 0 unspecified atom stereocenters. The average molecular weight is 430 g/mol. The van der Waals surface area contributed by atoms with Crippen LogP contribution in [0, 0.1) is 6.92 Å². The molecule has 2 aliphatic heterocycles. The first-order valence-corrected chi connectivity index (χ1v) is 9.63. The Labute approximate surface area is 174 Å². The summed E-state index contributed by atoms with van der Waals surface area (Å²) in [6.45, 7) is 2.10. The predicted octanol–water partition coefficient (Wildman–Crippen LogP) is 2.66. The van der Waals surface area contributed by atoms with Crippen molar-refractivity contribution in [3.8, 4) is 11.5 Å². The number of morpholine rings is 1. The maximum absolute atomic E-state index is 13.4. The minimum atomic E-state index is -4.53. The number of nitrogens with zero attached hydrogens (tertiary/aromatic N) is 6. The molecule has 0 aliphatic carbocycles. The summed E-state index contributed by atoms with van der Waals surface area (Å²) in [7, 11) is 0. The summed E-state index contributed by atoms with van der Waals surface area (Å²) in [6, 6.07) is 2.73. The first-order chi connectivity index (χ1) is 14.9. The van der Waals surface area contributed by atoms with Crippen molar-refractivity contribution in [2.75, 3.05) is 13.2 Å². The molecule has 2 bridgehead atoms. The van der Waals surface area contributed by atoms with Gasteiger partial charge in [0.1, 0.15) is 11.7 Å². The summed E-state index contributed by atoms with van der Waals surface area (Å²) in [6.07, 6.45) is 0.146. The van der Waals surface area contributed by atoms with E-state index in [0.717, 1.165) is 6.07 Å². The summed E-state index contributed by atoms with van der Waals surface area (Å²) in [4.78, 5) is 23.3. The highest BCUT2D eigenvalue weighted by Gasteiger charge is 2.45. The van der Waals surface area contributed by atoms with Crippen LogP contribution >= 0.6 is 0 Å². The van der Waals surface area contributed by atoms with E-state index in [-0.39, 0.29) is 30.4 Å². The molecule has 1 fully saturated rings. The quantitative estimate of drug-likeness (QED) is 0.622. The van der Waals surface area contributed by atoms with Gasteiger partial charge in [0.05, 0.1) is 31.0 Å². The average Bonchev–Trinajstić information content (AvgIpc) is 3.16. The van der Waals surface area contributed by atoms with Crippen molar-refractivity contribution in [1.29, 1.82) is 0 Å². The maximum atomic E-state index is 13.4. The number of halogens is 3. The molecule has 5 rings (SSSR count). The van der Waals surface area contributed by atoms with Gasteiger partial charge in [-0.15, -0.1) is 10.2 Å². The fraction of sp³-hybridized carbons (Fsp3) is 0.350. The van der Waals surface area contributed by atoms with Gasteiger partial charge in [0.25, 0.3) is 5.91 Å². The lowest BCUT2D eigenvalue weighted by Crippen LogP contribution is -2.56. The van der Waals surface area contributed by atoms with Crippen LogP contribution in [-0.4, -0.2) is 54.8 Å². The van der Waals surface area contributed by atoms with Gasteiger partial charge in [-0.2, -0.15) is 13.2 Å². The number of carbonyl (C=O) groups is 1. The van der Waals surface area contributed by atoms with Crippen molar-refractivity contribution in [1.82, 2.24) is 29.6 Å². The summed E-state index contributed by atoms with van der Waals surface area (Å²) in [5.41, 5.74) is -0.335. The lowest BCUT2D eigenvalue weighted by atomic mass is 9.97. The maximum Gasteiger partial charge on any atom is 0.416 e. The van der Waals surface area contributed by atoms with Crippen molar-refractivity contribution in [2.45, 2.75) is 31.7 Å². The number of ether oxygens (including phenoxy) is 1. The Balaban J connectivity index is 1.55. The molecule has 0 radical (unpaired) electrons. The zero-order chi connectivity index (χ0) is 21.8. The highest BCUT2D eigenvalue weighted by atomic mass is 19.4. The standard InChI is InChI=1S/C20H17F3N6O2/c1-11-13(3-2-4-14(11)20(21,22)23)19(30)29-12-8-28-17(15-7-24-5-6-25-15)26-27-18(28)16(29)10-31-9-12/h2-7,12,16H,8-10H2,1H3/t12-,16+/m0/s1. The topological polar surface area (TPSA) is 86.0 Å². The summed E-state index contributed by atoms with van der Waals surface area (Å²) in [5.74, 6) is 0.564. The van der Waals surface area contributed by atoms with E-state index < -0.39 is 23.7 Å². The third-order valence-corrected chi connectivity index (χ3v) is 5.68. The molecular weight excluding hydrogens is 413 g/mol. The van der Waals surface area contributed by atoms with Crippen LogP contribution in [0.4, 0.5) is 13.2 Å². The third kappa shape index (κ3) is 3.16. The highest BCUT2D eigenvalue weighted by molar-refractivity contribution is 5.96. The lowest BCUT2D eigenvalue weighted by molar-refractivity contribution is -0.138. The second-order valence-electron chi connectivity index (χ2n) is 7.48. The smallest absolute Gasteiger partial charge is 0.377 e. The van der Waals surface area contributed by atoms with Gasteiger partial charge < -0.3 is 14.2 Å². The van der Waals surface area contributed by atoms with Crippen LogP contribution < -0.4 is 0 Å². The Bertz CT molecular complexity index is 1150. The highest BCUT2D eigenvalue weighted by Crippen LogP contribution is 2.38. The van der Waals surface area contributed by atoms with Crippen LogP contribution in [0.2, 0.25) is 0 Å². The fourth-order valence-corrected chi connectivity index (χ4v) is 4.25. The van der Waals surface area contributed by atoms with Crippen LogP contribution in [-0.2, 0) is 17.5 Å². The Morgan fingerprint density at radius 2 is 2.03 bits per heavy atom. The van der Waals surface area contributed by atoms with Gasteiger partial charge in [-0.1, -0.05) is 6.07 Å². The van der Waals surface area contributed by atoms with Gasteiger partial charge in [-0.25, -0.2) is 4.98 Å². The zero-order valence-corrected chi connectivity index (χ0v) is 16.4. The van der Waals surface area contributed by atoms with Gasteiger partial charge in [-0.05, 0) is 24.6 Å². The molecule has 3 aromatic rings. The van der Waals surface area contributed by atoms with Gasteiger partial charge in [0, 0.05) is 24.5 Å². The second-order valence-corrected chi connectivity index (χ2v) is 7.48. The van der Waals surface area contributed by atoms with E-state index in [2.05, 4.69) is 20.2 Å². The second kappa shape index (κ2) is 7.12. The van der Waals surface area contributed by atoms with Crippen LogP contribution in [0.15, 0.2) is 36.8 Å². The Morgan fingerprint density at radius 1 is 1.19 bits per heavy atom. The van der Waals surface area contributed by atoms with Crippen LogP contribution in [0.3, 0.4) is 0 Å². The van der Waals surface area contributed by atoms with E-state index in [1.807, 2.05) is 4.57 Å². The van der Waals surface area contributed by atoms with Crippen LogP contribution in [0.1, 0.15) is 33.4 Å². The normalized spacial score (nSPS) is 20.5. The summed E-state index contributed by atoms with van der Waals surface area (Å²) < 4.78 is 47.6. The SMILES string of the molecule is Cc1c(C(=O)N2[C@@H]3COC[C@@H]2c2nnc(-c4cnccn4)n2C3)cccc1C(F)(F)F. The molecule has 2 aliphatic rings. The molecule has 0 saturated carbocycles. The molecule has 31 heavy (non-hydrogen) atoms. The van der Waals surface area contributed by atoms with Crippen molar-refractivity contribution in [2.24, 2.45) is 0 Å². The van der Waals surface area contributed by atoms with Gasteiger partial charge in [0.2, 0.25) is 0 Å². The number of rotatable bonds is 2. The third-order valence-electron chi connectivity index (χ3n) is 5.68. The number of alkyl halides is 3.